The molecule has 10 aromatic heterocycles. The quantitative estimate of drug-likeness (QED) is 0.0267. The summed E-state index contributed by atoms with van der Waals surface area (Å²) < 4.78 is 64.1. The third-order valence-electron chi connectivity index (χ3n) is 27.4. The van der Waals surface area contributed by atoms with E-state index >= 15 is 0 Å². The molecule has 0 radical (unpaired) electrons. The Balaban J connectivity index is 0.000000132. The summed E-state index contributed by atoms with van der Waals surface area (Å²) >= 11 is 19.9. The molecule has 14 heterocycles. The third kappa shape index (κ3) is 23.6. The van der Waals surface area contributed by atoms with Gasteiger partial charge in [0.25, 0.3) is 0 Å². The number of carbonyl (C=O) groups excluding carboxylic acids is 2. The van der Waals surface area contributed by atoms with Crippen molar-refractivity contribution in [1.29, 1.82) is 0 Å². The number of hydrogen-bond donors (Lipinski definition) is 1. The molecule has 4 aliphatic rings. The Bertz CT molecular complexity index is 8050. The van der Waals surface area contributed by atoms with Crippen molar-refractivity contribution in [1.82, 2.24) is 61.7 Å². The predicted molar refractivity (Wildman–Crippen MR) is 617 cm³/mol. The van der Waals surface area contributed by atoms with Gasteiger partial charge >= 0.3 is 56.4 Å². The van der Waals surface area contributed by atoms with E-state index in [4.69, 9.17) is 54.7 Å². The van der Waals surface area contributed by atoms with Crippen LogP contribution < -0.4 is 44.5 Å². The number of benzene rings is 10. The summed E-state index contributed by atoms with van der Waals surface area (Å²) in [5, 5.41) is 28.8. The number of aldehydes is 1. The smallest absolute Gasteiger partial charge is 0.405 e. The topological polar surface area (TPSA) is 307 Å². The number of nitrogens with zero attached hydrogens (tertiary/aromatic N) is 14. The van der Waals surface area contributed by atoms with E-state index in [2.05, 4.69) is 101 Å². The van der Waals surface area contributed by atoms with Gasteiger partial charge in [0.05, 0.1) is 81.9 Å². The number of nitrogens with two attached hydrogens (primary N) is 1. The number of fused-ring (bicyclic) bond motifs is 13. The lowest BCUT2D eigenvalue weighted by atomic mass is 9.49. The molecule has 0 aliphatic carbocycles. The number of pyridine rings is 5. The fraction of sp³-hybridized carbons (Fsp3) is 0.227. The molecule has 2 N–H and O–H groups in total. The van der Waals surface area contributed by atoms with Crippen molar-refractivity contribution in [2.24, 2.45) is 5.84 Å². The molecule has 1 amide bonds. The maximum atomic E-state index is 12.9. The zero-order chi connectivity index (χ0) is 105. The highest BCUT2D eigenvalue weighted by Crippen LogP contribution is 2.44. The fourth-order valence-electron chi connectivity index (χ4n) is 16.3. The number of aromatic nitrogens is 13. The molecule has 20 aromatic rings. The van der Waals surface area contributed by atoms with E-state index in [1.807, 2.05) is 366 Å². The standard InChI is InChI=1S/2C22H22BN3O3.2C16H10BrN3O.C12H24B2O4.C9H7N.C7H6BrClN2O.C5H3BrOS.CH4.ClH/c2*1-21(2)22(3,4)29-23(28-21)16-9-11-17(12-10-16)26-20(27)25-14-13-15-7-5-6-8-18(15)19(25)24-26;2*17-12-5-7-13(8-6-12)20-16(21)19-10-9-11-3-1-2-4-14(11)15(19)18-20;1-9(2)10(3,4)16-13(15-9)14-17-11(5,6)12(7,8)18-14;1-2-4-9-7-10-6-5-8(9)3-1;8-5-1-3-6(4-2-5)11(10)7(9)12;6-5-2-1-4(3-7)8-5;;/h2*5-14H,1-4H3;2*1-10H;1-8H3;1-7H;1-4H,10H2;1-3H;1H4;1H. The molecular weight excluding hydrogens is 2220 g/mol. The summed E-state index contributed by atoms with van der Waals surface area (Å²) in [6.45, 7) is 32.4. The van der Waals surface area contributed by atoms with Gasteiger partial charge in [0.2, 0.25) is 0 Å². The second-order valence-corrected chi connectivity index (χ2v) is 44.9. The maximum absolute atomic E-state index is 12.9. The van der Waals surface area contributed by atoms with Crippen LogP contribution in [0, 0.1) is 0 Å². The van der Waals surface area contributed by atoms with Crippen LogP contribution in [0.25, 0.3) is 99.2 Å². The summed E-state index contributed by atoms with van der Waals surface area (Å²) in [5.41, 5.74) is 4.14. The lowest BCUT2D eigenvalue weighted by Crippen LogP contribution is -2.41. The first-order chi connectivity index (χ1) is 70.3. The van der Waals surface area contributed by atoms with Crippen molar-refractivity contribution in [2.75, 3.05) is 5.01 Å². The second kappa shape index (κ2) is 45.2. The van der Waals surface area contributed by atoms with Gasteiger partial charge in [-0.15, -0.1) is 44.1 Å². The average Bonchev–Trinajstić information content (AvgIpc) is 1.54. The molecule has 768 valence electrons. The van der Waals surface area contributed by atoms with Gasteiger partial charge in [0.1, 0.15) is 0 Å². The van der Waals surface area contributed by atoms with Gasteiger partial charge in [0, 0.05) is 72.1 Å². The molecule has 4 fully saturated rings. The first kappa shape index (κ1) is 112. The molecule has 0 atom stereocenters. The van der Waals surface area contributed by atoms with Gasteiger partial charge < -0.3 is 37.2 Å². The minimum Gasteiger partial charge on any atom is -0.405 e. The van der Waals surface area contributed by atoms with E-state index < -0.39 is 56.0 Å². The van der Waals surface area contributed by atoms with E-state index in [0.29, 0.717) is 39.7 Å². The van der Waals surface area contributed by atoms with Crippen LogP contribution in [-0.4, -0.2) is 146 Å². The number of hydrazine groups is 1. The van der Waals surface area contributed by atoms with Gasteiger partial charge in [-0.25, -0.2) is 47.6 Å². The summed E-state index contributed by atoms with van der Waals surface area (Å²) in [7, 11) is -1.82. The highest BCUT2D eigenvalue weighted by molar-refractivity contribution is 9.11. The van der Waals surface area contributed by atoms with Crippen molar-refractivity contribution in [3.63, 3.8) is 0 Å². The minimum atomic E-state index is -0.711. The van der Waals surface area contributed by atoms with Crippen LogP contribution in [0.3, 0.4) is 0 Å². The highest BCUT2D eigenvalue weighted by Gasteiger charge is 2.64. The van der Waals surface area contributed by atoms with Crippen molar-refractivity contribution >= 4 is 232 Å². The van der Waals surface area contributed by atoms with Gasteiger partial charge in [-0.2, -0.15) is 18.7 Å². The van der Waals surface area contributed by atoms with Crippen molar-refractivity contribution in [3.8, 4) is 22.7 Å². The van der Waals surface area contributed by atoms with Gasteiger partial charge in [-0.05, 0) is 321 Å². The summed E-state index contributed by atoms with van der Waals surface area (Å²) in [6, 6.07) is 90.3. The van der Waals surface area contributed by atoms with Crippen LogP contribution in [0.1, 0.15) is 128 Å². The molecule has 4 aliphatic heterocycles. The lowest BCUT2D eigenvalue weighted by Gasteiger charge is -2.32. The molecule has 0 spiro atoms. The molecule has 0 bridgehead atoms. The summed E-state index contributed by atoms with van der Waals surface area (Å²) in [4.78, 5) is 76.2. The lowest BCUT2D eigenvalue weighted by molar-refractivity contribution is 0.00578. The number of anilines is 1. The minimum absolute atomic E-state index is 0. The summed E-state index contributed by atoms with van der Waals surface area (Å²) in [5.74, 6) is 5.32. The van der Waals surface area contributed by atoms with Crippen LogP contribution in [-0.2, 0) is 37.2 Å². The van der Waals surface area contributed by atoms with Crippen molar-refractivity contribution in [2.45, 2.75) is 163 Å². The molecule has 0 unspecified atom stereocenters. The van der Waals surface area contributed by atoms with Crippen LogP contribution in [0.5, 0.6) is 0 Å². The van der Waals surface area contributed by atoms with Crippen LogP contribution in [0.2, 0.25) is 0 Å². The molecule has 40 heteroatoms. The normalized spacial score (nSPS) is 15.9. The van der Waals surface area contributed by atoms with Crippen molar-refractivity contribution in [3.05, 3.63) is 386 Å². The SMILES string of the molecule is C.CC1(C)OB(B2OC(C)(C)C(C)(C)O2)OC1(C)C.CC1(C)OB(c2ccc(-n3nc4c5ccccc5ccn4c3=O)cc2)OC1(C)C.CC1(C)OB(c2ccc(-n3nc4c5ccccc5ccn4c3=O)cc2)OC1(C)C.Cl.NN(C(=O)Cl)c1ccc(Br)cc1.O=Cc1ccc(Br)s1.O=c1n(-c2ccc(Br)cc2)nc2c3ccccc3ccn12.O=c1n(-c2ccc(Br)cc2)nc2c3ccccc3ccn12.c1ccc2cnccc2c1. The maximum Gasteiger partial charge on any atom is 0.494 e. The Kier molecular flexibility index (Phi) is 33.7. The predicted octanol–water partition coefficient (Wildman–Crippen LogP) is 23.0. The van der Waals surface area contributed by atoms with Crippen LogP contribution in [0.15, 0.2) is 359 Å². The van der Waals surface area contributed by atoms with E-state index in [-0.39, 0.29) is 65.0 Å². The first-order valence-corrected chi connectivity index (χ1v) is 51.8. The highest BCUT2D eigenvalue weighted by atomic mass is 79.9. The molecular formula is C110H109B4Br4Cl2N15O14S. The Labute approximate surface area is 916 Å². The largest absolute Gasteiger partial charge is 0.494 e. The molecule has 150 heavy (non-hydrogen) atoms. The monoisotopic (exact) mass is 2330 g/mol. The zero-order valence-corrected chi connectivity index (χ0v) is 93.0. The second-order valence-electron chi connectivity index (χ2n) is 39.3. The Morgan fingerprint density at radius 3 is 0.867 bits per heavy atom. The number of hydrogen-bond acceptors (Lipinski definition) is 21. The van der Waals surface area contributed by atoms with Crippen LogP contribution >= 0.6 is 99.1 Å². The molecule has 4 saturated heterocycles. The van der Waals surface area contributed by atoms with Gasteiger partial charge in [0.15, 0.2) is 28.9 Å². The van der Waals surface area contributed by atoms with Gasteiger partial charge in [-0.1, -0.05) is 201 Å². The number of halogens is 6. The fourth-order valence-corrected chi connectivity index (χ4v) is 18.4. The van der Waals surface area contributed by atoms with E-state index in [0.717, 1.165) is 98.8 Å². The molecule has 29 nitrogen and oxygen atoms in total. The van der Waals surface area contributed by atoms with Gasteiger partial charge in [-0.3, -0.25) is 14.6 Å². The number of amides is 1. The Morgan fingerprint density at radius 2 is 0.607 bits per heavy atom. The number of rotatable bonds is 9. The molecule has 10 aromatic carbocycles. The Hall–Kier alpha value is -12.4. The third-order valence-corrected chi connectivity index (χ3v) is 30.8. The van der Waals surface area contributed by atoms with E-state index in [1.165, 1.54) is 40.8 Å². The van der Waals surface area contributed by atoms with Crippen LogP contribution in [0.4, 0.5) is 10.5 Å². The molecule has 24 rings (SSSR count). The molecule has 0 saturated carbocycles. The number of carbonyl (C=O) groups is 2. The van der Waals surface area contributed by atoms with E-state index in [9.17, 15) is 28.8 Å². The van der Waals surface area contributed by atoms with Crippen molar-refractivity contribution < 1.29 is 46.8 Å². The first-order valence-electron chi connectivity index (χ1n) is 47.4. The summed E-state index contributed by atoms with van der Waals surface area (Å²) in [6.07, 6.45) is 11.6. The average molecular weight is 2330 g/mol. The van der Waals surface area contributed by atoms with E-state index in [1.54, 1.807) is 72.7 Å². The Morgan fingerprint density at radius 1 is 0.347 bits per heavy atom. The number of thiophene rings is 1. The zero-order valence-electron chi connectivity index (χ0n) is 84.2.